The number of hydrogen-bond acceptors (Lipinski definition) is 2. The molecule has 1 aromatic carbocycles. The van der Waals surface area contributed by atoms with Crippen molar-refractivity contribution in [2.45, 2.75) is 44.6 Å². The molecule has 3 nitrogen and oxygen atoms in total. The molecule has 0 heterocycles. The van der Waals surface area contributed by atoms with E-state index in [0.717, 1.165) is 18.4 Å². The molecule has 1 aliphatic carbocycles. The van der Waals surface area contributed by atoms with Gasteiger partial charge in [0, 0.05) is 19.0 Å². The van der Waals surface area contributed by atoms with Crippen molar-refractivity contribution in [1.29, 1.82) is 0 Å². The van der Waals surface area contributed by atoms with Crippen molar-refractivity contribution in [2.75, 3.05) is 13.1 Å². The van der Waals surface area contributed by atoms with E-state index >= 15 is 0 Å². The molecule has 0 spiro atoms. The van der Waals surface area contributed by atoms with Gasteiger partial charge in [-0.05, 0) is 37.4 Å². The molecule has 1 saturated carbocycles. The second kappa shape index (κ2) is 8.00. The largest absolute Gasteiger partial charge is 0.353 e. The molecule has 1 aromatic rings. The van der Waals surface area contributed by atoms with Crippen LogP contribution in [0.1, 0.15) is 37.7 Å². The summed E-state index contributed by atoms with van der Waals surface area (Å²) in [6.45, 7) is 1.34. The molecule has 0 bridgehead atoms. The van der Waals surface area contributed by atoms with Gasteiger partial charge in [-0.25, -0.2) is 4.39 Å². The summed E-state index contributed by atoms with van der Waals surface area (Å²) >= 11 is 0. The van der Waals surface area contributed by atoms with Gasteiger partial charge >= 0.3 is 0 Å². The molecule has 0 aromatic heterocycles. The quantitative estimate of drug-likeness (QED) is 0.752. The summed E-state index contributed by atoms with van der Waals surface area (Å²) in [6.07, 6.45) is 5.83. The first kappa shape index (κ1) is 15.0. The van der Waals surface area contributed by atoms with Gasteiger partial charge in [-0.2, -0.15) is 0 Å². The van der Waals surface area contributed by atoms with Crippen LogP contribution in [0.3, 0.4) is 0 Å². The van der Waals surface area contributed by atoms with Crippen LogP contribution < -0.4 is 10.6 Å². The number of nitrogens with one attached hydrogen (secondary N) is 2. The summed E-state index contributed by atoms with van der Waals surface area (Å²) in [4.78, 5) is 11.7. The van der Waals surface area contributed by atoms with Gasteiger partial charge in [0.1, 0.15) is 5.82 Å². The second-order valence-corrected chi connectivity index (χ2v) is 5.39. The average Bonchev–Trinajstić information content (AvgIpc) is 2.93. The van der Waals surface area contributed by atoms with E-state index < -0.39 is 0 Å². The molecule has 1 amide bonds. The molecule has 1 aliphatic rings. The van der Waals surface area contributed by atoms with Gasteiger partial charge in [-0.15, -0.1) is 0 Å². The number of benzene rings is 1. The predicted octanol–water partition coefficient (Wildman–Crippen LogP) is 2.41. The highest BCUT2D eigenvalue weighted by Crippen LogP contribution is 2.17. The van der Waals surface area contributed by atoms with Gasteiger partial charge in [-0.3, -0.25) is 4.79 Å². The zero-order chi connectivity index (χ0) is 14.2. The summed E-state index contributed by atoms with van der Waals surface area (Å²) in [5.74, 6) is -0.0384. The summed E-state index contributed by atoms with van der Waals surface area (Å²) < 4.78 is 13.4. The van der Waals surface area contributed by atoms with Gasteiger partial charge in [0.25, 0.3) is 0 Å². The van der Waals surface area contributed by atoms with Crippen molar-refractivity contribution in [2.24, 2.45) is 0 Å². The fourth-order valence-electron chi connectivity index (χ4n) is 2.62. The lowest BCUT2D eigenvalue weighted by molar-refractivity contribution is -0.121. The monoisotopic (exact) mass is 278 g/mol. The molecule has 0 radical (unpaired) electrons. The predicted molar refractivity (Wildman–Crippen MR) is 78.0 cm³/mol. The van der Waals surface area contributed by atoms with Crippen LogP contribution in [-0.2, 0) is 11.2 Å². The van der Waals surface area contributed by atoms with Crippen molar-refractivity contribution < 1.29 is 9.18 Å². The maximum atomic E-state index is 13.4. The molecule has 0 saturated heterocycles. The molecular weight excluding hydrogens is 255 g/mol. The lowest BCUT2D eigenvalue weighted by Crippen LogP contribution is -2.34. The third-order valence-electron chi connectivity index (χ3n) is 3.78. The van der Waals surface area contributed by atoms with E-state index in [0.29, 0.717) is 32.0 Å². The first-order chi connectivity index (χ1) is 9.75. The second-order valence-electron chi connectivity index (χ2n) is 5.39. The maximum absolute atomic E-state index is 13.4. The number of carbonyl (C=O) groups is 1. The molecule has 4 heteroatoms. The Bertz CT molecular complexity index is 430. The Balaban J connectivity index is 1.55. The third-order valence-corrected chi connectivity index (χ3v) is 3.78. The van der Waals surface area contributed by atoms with E-state index in [-0.39, 0.29) is 11.7 Å². The number of halogens is 1. The summed E-state index contributed by atoms with van der Waals surface area (Å²) in [7, 11) is 0. The highest BCUT2D eigenvalue weighted by atomic mass is 19.1. The minimum Gasteiger partial charge on any atom is -0.353 e. The van der Waals surface area contributed by atoms with Crippen LogP contribution in [0.4, 0.5) is 4.39 Å². The lowest BCUT2D eigenvalue weighted by atomic mass is 10.1. The zero-order valence-corrected chi connectivity index (χ0v) is 11.8. The highest BCUT2D eigenvalue weighted by Gasteiger charge is 2.16. The molecule has 0 unspecified atom stereocenters. The Morgan fingerprint density at radius 2 is 1.95 bits per heavy atom. The molecule has 0 aliphatic heterocycles. The van der Waals surface area contributed by atoms with Crippen LogP contribution in [0.15, 0.2) is 24.3 Å². The standard InChI is InChI=1S/C16H23FN2O/c17-15-8-4-1-5-13(15)9-11-18-12-10-16(20)19-14-6-2-3-7-14/h1,4-5,8,14,18H,2-3,6-7,9-12H2,(H,19,20). The van der Waals surface area contributed by atoms with E-state index in [1.165, 1.54) is 18.9 Å². The van der Waals surface area contributed by atoms with Crippen LogP contribution in [0.25, 0.3) is 0 Å². The Kier molecular flexibility index (Phi) is 5.99. The topological polar surface area (TPSA) is 41.1 Å². The van der Waals surface area contributed by atoms with E-state index in [9.17, 15) is 9.18 Å². The van der Waals surface area contributed by atoms with Gasteiger partial charge in [0.05, 0.1) is 0 Å². The van der Waals surface area contributed by atoms with E-state index in [2.05, 4.69) is 10.6 Å². The van der Waals surface area contributed by atoms with Gasteiger partial charge in [0.2, 0.25) is 5.91 Å². The molecule has 2 rings (SSSR count). The van der Waals surface area contributed by atoms with Crippen LogP contribution in [0, 0.1) is 5.82 Å². The number of hydrogen-bond donors (Lipinski definition) is 2. The Morgan fingerprint density at radius 3 is 2.70 bits per heavy atom. The Hall–Kier alpha value is -1.42. The summed E-state index contributed by atoms with van der Waals surface area (Å²) in [6, 6.07) is 7.20. The molecular formula is C16H23FN2O. The van der Waals surface area contributed by atoms with Gasteiger partial charge < -0.3 is 10.6 Å². The highest BCUT2D eigenvalue weighted by molar-refractivity contribution is 5.76. The fraction of sp³-hybridized carbons (Fsp3) is 0.562. The molecule has 20 heavy (non-hydrogen) atoms. The van der Waals surface area contributed by atoms with Crippen molar-refractivity contribution in [1.82, 2.24) is 10.6 Å². The maximum Gasteiger partial charge on any atom is 0.221 e. The van der Waals surface area contributed by atoms with E-state index in [1.54, 1.807) is 12.1 Å². The van der Waals surface area contributed by atoms with Crippen LogP contribution >= 0.6 is 0 Å². The normalized spacial score (nSPS) is 15.4. The summed E-state index contributed by atoms with van der Waals surface area (Å²) in [5, 5.41) is 6.25. The molecule has 110 valence electrons. The minimum absolute atomic E-state index is 0.121. The lowest BCUT2D eigenvalue weighted by Gasteiger charge is -2.12. The van der Waals surface area contributed by atoms with Crippen LogP contribution in [0.2, 0.25) is 0 Å². The van der Waals surface area contributed by atoms with E-state index in [4.69, 9.17) is 0 Å². The number of rotatable bonds is 7. The Morgan fingerprint density at radius 1 is 1.20 bits per heavy atom. The fourth-order valence-corrected chi connectivity index (χ4v) is 2.62. The molecule has 2 N–H and O–H groups in total. The average molecular weight is 278 g/mol. The van der Waals surface area contributed by atoms with Crippen LogP contribution in [-0.4, -0.2) is 25.0 Å². The third kappa shape index (κ3) is 4.93. The summed E-state index contributed by atoms with van der Waals surface area (Å²) in [5.41, 5.74) is 0.718. The van der Waals surface area contributed by atoms with Crippen molar-refractivity contribution in [3.05, 3.63) is 35.6 Å². The first-order valence-electron chi connectivity index (χ1n) is 7.49. The Labute approximate surface area is 120 Å². The molecule has 0 atom stereocenters. The number of carbonyl (C=O) groups excluding carboxylic acids is 1. The zero-order valence-electron chi connectivity index (χ0n) is 11.8. The van der Waals surface area contributed by atoms with Crippen molar-refractivity contribution in [3.63, 3.8) is 0 Å². The number of amides is 1. The van der Waals surface area contributed by atoms with Crippen molar-refractivity contribution >= 4 is 5.91 Å². The SMILES string of the molecule is O=C(CCNCCc1ccccc1F)NC1CCCC1. The van der Waals surface area contributed by atoms with E-state index in [1.807, 2.05) is 6.07 Å². The van der Waals surface area contributed by atoms with Crippen molar-refractivity contribution in [3.8, 4) is 0 Å². The smallest absolute Gasteiger partial charge is 0.221 e. The van der Waals surface area contributed by atoms with Crippen LogP contribution in [0.5, 0.6) is 0 Å². The van der Waals surface area contributed by atoms with Gasteiger partial charge in [-0.1, -0.05) is 31.0 Å². The minimum atomic E-state index is -0.159. The molecule has 1 fully saturated rings. The first-order valence-corrected chi connectivity index (χ1v) is 7.49. The van der Waals surface area contributed by atoms with Gasteiger partial charge in [0.15, 0.2) is 0 Å².